The Morgan fingerprint density at radius 1 is 0.864 bits per heavy atom. The van der Waals surface area contributed by atoms with Crippen LogP contribution in [0.3, 0.4) is 0 Å². The summed E-state index contributed by atoms with van der Waals surface area (Å²) in [6, 6.07) is 0. The lowest BCUT2D eigenvalue weighted by Gasteiger charge is -2.37. The van der Waals surface area contributed by atoms with Gasteiger partial charge in [0.15, 0.2) is 16.6 Å². The van der Waals surface area contributed by atoms with Gasteiger partial charge in [0.1, 0.15) is 0 Å². The van der Waals surface area contributed by atoms with Gasteiger partial charge in [0.25, 0.3) is 5.97 Å². The van der Waals surface area contributed by atoms with Gasteiger partial charge in [-0.25, -0.2) is 0 Å². The molecule has 0 N–H and O–H groups in total. The van der Waals surface area contributed by atoms with E-state index in [9.17, 15) is 4.79 Å². The summed E-state index contributed by atoms with van der Waals surface area (Å²) in [5, 5.41) is 0. The van der Waals surface area contributed by atoms with Gasteiger partial charge < -0.3 is 13.3 Å². The summed E-state index contributed by atoms with van der Waals surface area (Å²) in [5.74, 6) is -0.145. The molecule has 22 heavy (non-hydrogen) atoms. The zero-order valence-corrected chi connectivity index (χ0v) is 19.3. The molecule has 0 spiro atoms. The van der Waals surface area contributed by atoms with Gasteiger partial charge >= 0.3 is 0 Å². The van der Waals surface area contributed by atoms with E-state index >= 15 is 0 Å². The quantitative estimate of drug-likeness (QED) is 0.561. The maximum Gasteiger partial charge on any atom is 0.295 e. The van der Waals surface area contributed by atoms with Crippen molar-refractivity contribution in [3.05, 3.63) is 0 Å². The first-order chi connectivity index (χ1) is 9.52. The average Bonchev–Trinajstić information content (AvgIpc) is 2.06. The van der Waals surface area contributed by atoms with Gasteiger partial charge in [-0.3, -0.25) is 4.79 Å². The molecular formula is C15H36O4Si3. The molecule has 132 valence electrons. The molecule has 0 aromatic rings. The largest absolute Gasteiger partial charge is 0.520 e. The second kappa shape index (κ2) is 7.74. The molecule has 0 radical (unpaired) electrons. The Morgan fingerprint density at radius 2 is 1.36 bits per heavy atom. The van der Waals surface area contributed by atoms with E-state index in [1.54, 1.807) is 0 Å². The highest BCUT2D eigenvalue weighted by Gasteiger charge is 2.35. The van der Waals surface area contributed by atoms with Crippen molar-refractivity contribution in [2.24, 2.45) is 0 Å². The first-order valence-corrected chi connectivity index (χ1v) is 18.3. The first-order valence-electron chi connectivity index (χ1n) is 8.07. The van der Waals surface area contributed by atoms with E-state index in [4.69, 9.17) is 13.3 Å². The summed E-state index contributed by atoms with van der Waals surface area (Å²) < 4.78 is 17.9. The van der Waals surface area contributed by atoms with Crippen molar-refractivity contribution in [2.75, 3.05) is 6.61 Å². The van der Waals surface area contributed by atoms with E-state index in [0.29, 0.717) is 13.0 Å². The van der Waals surface area contributed by atoms with Crippen LogP contribution < -0.4 is 0 Å². The molecule has 1 unspecified atom stereocenters. The van der Waals surface area contributed by atoms with E-state index in [1.165, 1.54) is 0 Å². The average molecular weight is 365 g/mol. The molecule has 0 aromatic heterocycles. The van der Waals surface area contributed by atoms with Crippen LogP contribution in [0.2, 0.25) is 58.9 Å². The Balaban J connectivity index is 4.83. The van der Waals surface area contributed by atoms with Crippen LogP contribution in [0.5, 0.6) is 0 Å². The fraction of sp³-hybridized carbons (Fsp3) is 0.933. The molecule has 0 aromatic carbocycles. The number of carbonyl (C=O) groups is 1. The van der Waals surface area contributed by atoms with Crippen molar-refractivity contribution in [2.45, 2.75) is 84.3 Å². The SMILES string of the molecule is CC(CCO[Si](C)(C)C)(CC(=O)O[Si](C)(C)C)O[Si](C)(C)C. The van der Waals surface area contributed by atoms with Gasteiger partial charge in [0, 0.05) is 6.61 Å². The maximum atomic E-state index is 12.2. The second-order valence-electron chi connectivity index (χ2n) is 9.14. The molecule has 0 saturated heterocycles. The number of hydrogen-bond donors (Lipinski definition) is 0. The second-order valence-corrected chi connectivity index (χ2v) is 22.5. The van der Waals surface area contributed by atoms with E-state index in [1.807, 2.05) is 26.6 Å². The van der Waals surface area contributed by atoms with Crippen LogP contribution in [0, 0.1) is 0 Å². The monoisotopic (exact) mass is 364 g/mol. The fourth-order valence-corrected chi connectivity index (χ4v) is 5.29. The minimum absolute atomic E-state index is 0.145. The topological polar surface area (TPSA) is 44.8 Å². The van der Waals surface area contributed by atoms with Crippen molar-refractivity contribution in [3.63, 3.8) is 0 Å². The summed E-state index contributed by atoms with van der Waals surface area (Å²) >= 11 is 0. The molecule has 7 heteroatoms. The van der Waals surface area contributed by atoms with Gasteiger partial charge in [0.05, 0.1) is 12.0 Å². The Morgan fingerprint density at radius 3 is 1.73 bits per heavy atom. The molecule has 0 heterocycles. The molecule has 0 aliphatic carbocycles. The highest BCUT2D eigenvalue weighted by atomic mass is 28.4. The van der Waals surface area contributed by atoms with Gasteiger partial charge in [-0.2, -0.15) is 0 Å². The maximum absolute atomic E-state index is 12.2. The Labute approximate surface area is 140 Å². The van der Waals surface area contributed by atoms with Crippen LogP contribution in [0.1, 0.15) is 19.8 Å². The molecule has 1 atom stereocenters. The third-order valence-corrected chi connectivity index (χ3v) is 5.67. The summed E-state index contributed by atoms with van der Waals surface area (Å²) in [6.45, 7) is 21.7. The van der Waals surface area contributed by atoms with Crippen molar-refractivity contribution >= 4 is 30.9 Å². The lowest BCUT2D eigenvalue weighted by molar-refractivity contribution is -0.139. The molecule has 0 aliphatic rings. The van der Waals surface area contributed by atoms with E-state index in [0.717, 1.165) is 6.42 Å². The predicted octanol–water partition coefficient (Wildman–Crippen LogP) is 4.61. The van der Waals surface area contributed by atoms with Crippen LogP contribution in [0.15, 0.2) is 0 Å². The number of hydrogen-bond acceptors (Lipinski definition) is 4. The summed E-state index contributed by atoms with van der Waals surface area (Å²) in [4.78, 5) is 12.2. The highest BCUT2D eigenvalue weighted by molar-refractivity contribution is 6.71. The molecule has 0 amide bonds. The van der Waals surface area contributed by atoms with Crippen molar-refractivity contribution in [1.82, 2.24) is 0 Å². The van der Waals surface area contributed by atoms with Gasteiger partial charge in [-0.15, -0.1) is 0 Å². The number of carbonyl (C=O) groups excluding carboxylic acids is 1. The fourth-order valence-electron chi connectivity index (χ4n) is 2.17. The van der Waals surface area contributed by atoms with E-state index in [-0.39, 0.29) is 5.97 Å². The normalized spacial score (nSPS) is 16.3. The van der Waals surface area contributed by atoms with Gasteiger partial charge in [-0.1, -0.05) is 0 Å². The van der Waals surface area contributed by atoms with Gasteiger partial charge in [-0.05, 0) is 72.3 Å². The molecule has 0 fully saturated rings. The van der Waals surface area contributed by atoms with Crippen molar-refractivity contribution in [3.8, 4) is 0 Å². The van der Waals surface area contributed by atoms with Crippen molar-refractivity contribution in [1.29, 1.82) is 0 Å². The highest BCUT2D eigenvalue weighted by Crippen LogP contribution is 2.27. The van der Waals surface area contributed by atoms with Crippen LogP contribution in [-0.4, -0.2) is 43.1 Å². The van der Waals surface area contributed by atoms with Crippen LogP contribution >= 0.6 is 0 Å². The zero-order valence-electron chi connectivity index (χ0n) is 16.3. The van der Waals surface area contributed by atoms with E-state index < -0.39 is 30.6 Å². The van der Waals surface area contributed by atoms with Crippen LogP contribution in [0.4, 0.5) is 0 Å². The Hall–Kier alpha value is 0.0406. The lowest BCUT2D eigenvalue weighted by atomic mass is 9.99. The molecule has 4 nitrogen and oxygen atoms in total. The molecule has 0 aliphatic heterocycles. The van der Waals surface area contributed by atoms with Gasteiger partial charge in [0.2, 0.25) is 8.32 Å². The van der Waals surface area contributed by atoms with Crippen LogP contribution in [0.25, 0.3) is 0 Å². The number of rotatable bonds is 9. The third kappa shape index (κ3) is 12.6. The third-order valence-electron chi connectivity index (χ3n) is 2.66. The smallest absolute Gasteiger partial charge is 0.295 e. The minimum atomic E-state index is -1.86. The summed E-state index contributed by atoms with van der Waals surface area (Å²) in [6.07, 6.45) is 1.03. The molecule has 0 saturated carbocycles. The Kier molecular flexibility index (Phi) is 7.76. The van der Waals surface area contributed by atoms with Crippen LogP contribution in [-0.2, 0) is 18.1 Å². The molecule has 0 rings (SSSR count). The van der Waals surface area contributed by atoms with E-state index in [2.05, 4.69) is 39.3 Å². The minimum Gasteiger partial charge on any atom is -0.520 e. The first kappa shape index (κ1) is 22.0. The van der Waals surface area contributed by atoms with Crippen molar-refractivity contribution < 1.29 is 18.1 Å². The zero-order chi connectivity index (χ0) is 17.8. The predicted molar refractivity (Wildman–Crippen MR) is 101 cm³/mol. The molecular weight excluding hydrogens is 328 g/mol. The summed E-state index contributed by atoms with van der Waals surface area (Å²) in [7, 11) is -5.16. The standard InChI is InChI=1S/C15H36O4Si3/c1-15(19-22(8,9)10,11-12-17-20(2,3)4)13-14(16)18-21(5,6)7/h11-13H2,1-10H3. The molecule has 0 bridgehead atoms. The summed E-state index contributed by atoms with van der Waals surface area (Å²) in [5.41, 5.74) is -0.499. The lowest BCUT2D eigenvalue weighted by Crippen LogP contribution is -2.44. The Bertz CT molecular complexity index is 366.